The topological polar surface area (TPSA) is 32.9 Å². The molecule has 3 heteroatoms. The SMILES string of the molecule is CC1(C)CCCC1C(=O)c1c[nH]c2cccc(Br)c12. The highest BCUT2D eigenvalue weighted by atomic mass is 79.9. The molecule has 1 aliphatic carbocycles. The van der Waals surface area contributed by atoms with Gasteiger partial charge in [-0.25, -0.2) is 0 Å². The summed E-state index contributed by atoms with van der Waals surface area (Å²) < 4.78 is 0.991. The summed E-state index contributed by atoms with van der Waals surface area (Å²) in [6.45, 7) is 4.43. The van der Waals surface area contributed by atoms with Crippen LogP contribution in [0.15, 0.2) is 28.9 Å². The van der Waals surface area contributed by atoms with Crippen molar-refractivity contribution in [2.75, 3.05) is 0 Å². The van der Waals surface area contributed by atoms with Crippen molar-refractivity contribution in [3.63, 3.8) is 0 Å². The van der Waals surface area contributed by atoms with Crippen LogP contribution in [0.3, 0.4) is 0 Å². The van der Waals surface area contributed by atoms with Crippen molar-refractivity contribution in [2.45, 2.75) is 33.1 Å². The molecule has 1 aromatic heterocycles. The molecule has 1 fully saturated rings. The molecule has 1 aliphatic rings. The van der Waals surface area contributed by atoms with Crippen LogP contribution in [0.2, 0.25) is 0 Å². The maximum absolute atomic E-state index is 12.8. The quantitative estimate of drug-likeness (QED) is 0.781. The van der Waals surface area contributed by atoms with Crippen LogP contribution in [0.5, 0.6) is 0 Å². The number of Topliss-reactive ketones (excluding diaryl/α,β-unsaturated/α-hetero) is 1. The molecule has 2 aromatic rings. The Morgan fingerprint density at radius 3 is 2.89 bits per heavy atom. The smallest absolute Gasteiger partial charge is 0.168 e. The Kier molecular flexibility index (Phi) is 3.05. The van der Waals surface area contributed by atoms with Crippen LogP contribution >= 0.6 is 15.9 Å². The average molecular weight is 320 g/mol. The monoisotopic (exact) mass is 319 g/mol. The Morgan fingerprint density at radius 2 is 2.21 bits per heavy atom. The van der Waals surface area contributed by atoms with Crippen LogP contribution in [0.4, 0.5) is 0 Å². The van der Waals surface area contributed by atoms with E-state index in [1.54, 1.807) is 0 Å². The maximum Gasteiger partial charge on any atom is 0.168 e. The summed E-state index contributed by atoms with van der Waals surface area (Å²) in [6, 6.07) is 5.99. The molecule has 0 aliphatic heterocycles. The zero-order valence-electron chi connectivity index (χ0n) is 11.3. The van der Waals surface area contributed by atoms with Crippen LogP contribution in [0.1, 0.15) is 43.5 Å². The van der Waals surface area contributed by atoms with E-state index in [1.165, 1.54) is 0 Å². The van der Waals surface area contributed by atoms with Crippen molar-refractivity contribution >= 4 is 32.6 Å². The normalized spacial score (nSPS) is 21.9. The Labute approximate surface area is 121 Å². The third-order valence-corrected chi connectivity index (χ3v) is 5.15. The number of hydrogen-bond donors (Lipinski definition) is 1. The Balaban J connectivity index is 2.08. The van der Waals surface area contributed by atoms with Crippen molar-refractivity contribution < 1.29 is 4.79 Å². The van der Waals surface area contributed by atoms with E-state index >= 15 is 0 Å². The van der Waals surface area contributed by atoms with Gasteiger partial charge in [-0.2, -0.15) is 0 Å². The van der Waals surface area contributed by atoms with Gasteiger partial charge in [0.05, 0.1) is 0 Å². The Morgan fingerprint density at radius 1 is 1.42 bits per heavy atom. The molecule has 100 valence electrons. The van der Waals surface area contributed by atoms with Crippen LogP contribution in [0, 0.1) is 11.3 Å². The molecule has 1 unspecified atom stereocenters. The van der Waals surface area contributed by atoms with Gasteiger partial charge in [0, 0.05) is 33.1 Å². The number of benzene rings is 1. The van der Waals surface area contributed by atoms with Gasteiger partial charge in [0.15, 0.2) is 5.78 Å². The van der Waals surface area contributed by atoms with Crippen LogP contribution in [-0.2, 0) is 0 Å². The average Bonchev–Trinajstić information content (AvgIpc) is 2.92. The lowest BCUT2D eigenvalue weighted by molar-refractivity contribution is 0.0841. The van der Waals surface area contributed by atoms with Gasteiger partial charge in [0.25, 0.3) is 0 Å². The summed E-state index contributed by atoms with van der Waals surface area (Å²) in [5.41, 5.74) is 1.98. The second kappa shape index (κ2) is 4.48. The number of halogens is 1. The minimum absolute atomic E-state index is 0.127. The molecule has 19 heavy (non-hydrogen) atoms. The second-order valence-electron chi connectivity index (χ2n) is 6.16. The van der Waals surface area contributed by atoms with Gasteiger partial charge < -0.3 is 4.98 Å². The summed E-state index contributed by atoms with van der Waals surface area (Å²) in [7, 11) is 0. The third-order valence-electron chi connectivity index (χ3n) is 4.49. The number of aromatic nitrogens is 1. The number of ketones is 1. The standard InChI is InChI=1S/C16H18BrNO/c1-16(2)8-4-5-11(16)15(19)10-9-18-13-7-3-6-12(17)14(10)13/h3,6-7,9,11,18H,4-5,8H2,1-2H3. The number of nitrogens with one attached hydrogen (secondary N) is 1. The number of H-pyrrole nitrogens is 1. The lowest BCUT2D eigenvalue weighted by atomic mass is 9.78. The predicted octanol–water partition coefficient (Wildman–Crippen LogP) is 4.94. The molecule has 0 spiro atoms. The maximum atomic E-state index is 12.8. The molecule has 1 heterocycles. The van der Waals surface area contributed by atoms with Gasteiger partial charge in [0.2, 0.25) is 0 Å². The van der Waals surface area contributed by atoms with E-state index in [0.29, 0.717) is 5.78 Å². The molecule has 2 nitrogen and oxygen atoms in total. The first-order valence-corrected chi connectivity index (χ1v) is 7.60. The fourth-order valence-electron chi connectivity index (χ4n) is 3.34. The number of carbonyl (C=O) groups is 1. The highest BCUT2D eigenvalue weighted by Gasteiger charge is 2.40. The van der Waals surface area contributed by atoms with Crippen LogP contribution in [-0.4, -0.2) is 10.8 Å². The summed E-state index contributed by atoms with van der Waals surface area (Å²) in [4.78, 5) is 16.1. The van der Waals surface area contributed by atoms with Gasteiger partial charge in [-0.3, -0.25) is 4.79 Å². The third kappa shape index (κ3) is 2.04. The molecule has 3 rings (SSSR count). The lowest BCUT2D eigenvalue weighted by Gasteiger charge is -2.25. The molecule has 0 saturated heterocycles. The first-order valence-electron chi connectivity index (χ1n) is 6.80. The van der Waals surface area contributed by atoms with Crippen molar-refractivity contribution in [2.24, 2.45) is 11.3 Å². The van der Waals surface area contributed by atoms with Gasteiger partial charge in [-0.15, -0.1) is 0 Å². The van der Waals surface area contributed by atoms with E-state index in [9.17, 15) is 4.79 Å². The van der Waals surface area contributed by atoms with Gasteiger partial charge in [0.1, 0.15) is 0 Å². The second-order valence-corrected chi connectivity index (χ2v) is 7.02. The Bertz CT molecular complexity index is 641. The fraction of sp³-hybridized carbons (Fsp3) is 0.438. The van der Waals surface area contributed by atoms with Crippen LogP contribution in [0.25, 0.3) is 10.9 Å². The number of fused-ring (bicyclic) bond motifs is 1. The van der Waals surface area contributed by atoms with E-state index in [2.05, 4.69) is 34.8 Å². The van der Waals surface area contributed by atoms with Gasteiger partial charge in [-0.05, 0) is 30.4 Å². The van der Waals surface area contributed by atoms with Crippen LogP contribution < -0.4 is 0 Å². The van der Waals surface area contributed by atoms with E-state index in [0.717, 1.165) is 40.2 Å². The minimum atomic E-state index is 0.127. The summed E-state index contributed by atoms with van der Waals surface area (Å²) in [6.07, 6.45) is 5.19. The lowest BCUT2D eigenvalue weighted by Crippen LogP contribution is -2.25. The van der Waals surface area contributed by atoms with E-state index < -0.39 is 0 Å². The fourth-order valence-corrected chi connectivity index (χ4v) is 3.91. The molecule has 0 bridgehead atoms. The molecule has 1 N–H and O–H groups in total. The highest BCUT2D eigenvalue weighted by Crippen LogP contribution is 2.45. The van der Waals surface area contributed by atoms with Gasteiger partial charge >= 0.3 is 0 Å². The summed E-state index contributed by atoms with van der Waals surface area (Å²) in [5.74, 6) is 0.444. The Hall–Kier alpha value is -1.09. The van der Waals surface area contributed by atoms with Gasteiger partial charge in [-0.1, -0.05) is 42.3 Å². The van der Waals surface area contributed by atoms with E-state index in [4.69, 9.17) is 0 Å². The minimum Gasteiger partial charge on any atom is -0.360 e. The number of rotatable bonds is 2. The number of aromatic amines is 1. The summed E-state index contributed by atoms with van der Waals surface area (Å²) >= 11 is 3.56. The van der Waals surface area contributed by atoms with Crippen molar-refractivity contribution in [1.82, 2.24) is 4.98 Å². The molecule has 1 atom stereocenters. The highest BCUT2D eigenvalue weighted by molar-refractivity contribution is 9.10. The predicted molar refractivity (Wildman–Crippen MR) is 81.5 cm³/mol. The molecule has 1 aromatic carbocycles. The number of carbonyl (C=O) groups excluding carboxylic acids is 1. The first-order chi connectivity index (χ1) is 9.00. The molecule has 0 amide bonds. The van der Waals surface area contributed by atoms with Crippen molar-refractivity contribution in [3.8, 4) is 0 Å². The first kappa shape index (κ1) is 12.9. The van der Waals surface area contributed by atoms with Crippen molar-refractivity contribution in [3.05, 3.63) is 34.4 Å². The zero-order chi connectivity index (χ0) is 13.6. The molecule has 1 saturated carbocycles. The number of hydrogen-bond acceptors (Lipinski definition) is 1. The van der Waals surface area contributed by atoms with Crippen molar-refractivity contribution in [1.29, 1.82) is 0 Å². The largest absolute Gasteiger partial charge is 0.360 e. The zero-order valence-corrected chi connectivity index (χ0v) is 12.9. The molecular formula is C16H18BrNO. The molecular weight excluding hydrogens is 302 g/mol. The molecule has 0 radical (unpaired) electrons. The van der Waals surface area contributed by atoms with E-state index in [1.807, 2.05) is 24.4 Å². The van der Waals surface area contributed by atoms with E-state index in [-0.39, 0.29) is 11.3 Å². The summed E-state index contributed by atoms with van der Waals surface area (Å²) in [5, 5.41) is 1.02.